The maximum atomic E-state index is 7.39. The Labute approximate surface area is 87.7 Å². The highest BCUT2D eigenvalue weighted by Gasteiger charge is 2.19. The number of pyridine rings is 1. The molecular formula is C10H13N3O2. The van der Waals surface area contributed by atoms with E-state index in [2.05, 4.69) is 4.98 Å². The molecule has 0 aromatic carbocycles. The summed E-state index contributed by atoms with van der Waals surface area (Å²) in [6, 6.07) is 1.67. The smallest absolute Gasteiger partial charge is 0.149 e. The number of amidine groups is 1. The molecule has 0 spiro atoms. The lowest BCUT2D eigenvalue weighted by molar-refractivity contribution is 0.141. The second-order valence-electron chi connectivity index (χ2n) is 3.39. The van der Waals surface area contributed by atoms with Crippen LogP contribution in [-0.4, -0.2) is 30.1 Å². The number of nitrogens with one attached hydrogen (secondary N) is 1. The minimum atomic E-state index is -0.00804. The van der Waals surface area contributed by atoms with Crippen LogP contribution >= 0.6 is 0 Å². The number of nitrogens with two attached hydrogens (primary N) is 1. The van der Waals surface area contributed by atoms with Crippen molar-refractivity contribution in [3.05, 3.63) is 24.0 Å². The molecule has 2 heterocycles. The van der Waals surface area contributed by atoms with Crippen LogP contribution in [0.15, 0.2) is 18.5 Å². The van der Waals surface area contributed by atoms with Gasteiger partial charge >= 0.3 is 0 Å². The molecule has 1 atom stereocenters. The monoisotopic (exact) mass is 207 g/mol. The van der Waals surface area contributed by atoms with Crippen molar-refractivity contribution in [1.82, 2.24) is 4.98 Å². The van der Waals surface area contributed by atoms with E-state index in [4.69, 9.17) is 20.6 Å². The van der Waals surface area contributed by atoms with Gasteiger partial charge in [0.2, 0.25) is 0 Å². The van der Waals surface area contributed by atoms with E-state index in [0.717, 1.165) is 13.0 Å². The van der Waals surface area contributed by atoms with Crippen molar-refractivity contribution in [2.45, 2.75) is 12.5 Å². The van der Waals surface area contributed by atoms with Crippen molar-refractivity contribution >= 4 is 5.84 Å². The van der Waals surface area contributed by atoms with Crippen molar-refractivity contribution < 1.29 is 9.47 Å². The summed E-state index contributed by atoms with van der Waals surface area (Å²) in [5.74, 6) is 0.548. The van der Waals surface area contributed by atoms with Crippen molar-refractivity contribution in [3.8, 4) is 5.75 Å². The van der Waals surface area contributed by atoms with Crippen LogP contribution in [0.3, 0.4) is 0 Å². The highest BCUT2D eigenvalue weighted by molar-refractivity contribution is 5.97. The predicted octanol–water partition coefficient (Wildman–Crippen LogP) is 0.533. The summed E-state index contributed by atoms with van der Waals surface area (Å²) >= 11 is 0. The second-order valence-corrected chi connectivity index (χ2v) is 3.39. The molecule has 0 amide bonds. The standard InChI is InChI=1S/C10H13N3O2/c11-10(12)8-1-3-13-5-9(8)15-7-2-4-14-6-7/h1,3,5,7H,2,4,6H2,(H3,11,12). The summed E-state index contributed by atoms with van der Waals surface area (Å²) in [6.45, 7) is 1.31. The fraction of sp³-hybridized carbons (Fsp3) is 0.400. The number of nitrogen functional groups attached to an aromatic ring is 1. The van der Waals surface area contributed by atoms with Crippen LogP contribution in [0.4, 0.5) is 0 Å². The third-order valence-electron chi connectivity index (χ3n) is 2.26. The van der Waals surface area contributed by atoms with Gasteiger partial charge in [0, 0.05) is 12.6 Å². The zero-order valence-electron chi connectivity index (χ0n) is 8.27. The van der Waals surface area contributed by atoms with Gasteiger partial charge < -0.3 is 15.2 Å². The molecule has 2 rings (SSSR count). The van der Waals surface area contributed by atoms with Crippen molar-refractivity contribution in [1.29, 1.82) is 5.41 Å². The molecule has 1 unspecified atom stereocenters. The molecule has 0 aliphatic carbocycles. The van der Waals surface area contributed by atoms with E-state index < -0.39 is 0 Å². The maximum Gasteiger partial charge on any atom is 0.149 e. The third kappa shape index (κ3) is 2.24. The molecule has 1 saturated heterocycles. The highest BCUT2D eigenvalue weighted by atomic mass is 16.5. The third-order valence-corrected chi connectivity index (χ3v) is 2.26. The molecular weight excluding hydrogens is 194 g/mol. The molecule has 1 aliphatic rings. The average Bonchev–Trinajstić information content (AvgIpc) is 2.71. The summed E-state index contributed by atoms with van der Waals surface area (Å²) in [5.41, 5.74) is 6.01. The van der Waals surface area contributed by atoms with Gasteiger partial charge in [0.05, 0.1) is 25.0 Å². The van der Waals surface area contributed by atoms with Gasteiger partial charge in [0.15, 0.2) is 0 Å². The zero-order chi connectivity index (χ0) is 10.7. The predicted molar refractivity (Wildman–Crippen MR) is 55.1 cm³/mol. The van der Waals surface area contributed by atoms with Gasteiger partial charge in [-0.25, -0.2) is 0 Å². The number of aromatic nitrogens is 1. The lowest BCUT2D eigenvalue weighted by Gasteiger charge is -2.13. The molecule has 80 valence electrons. The lowest BCUT2D eigenvalue weighted by atomic mass is 10.2. The minimum Gasteiger partial charge on any atom is -0.486 e. The van der Waals surface area contributed by atoms with Crippen LogP contribution in [0.2, 0.25) is 0 Å². The molecule has 5 heteroatoms. The van der Waals surface area contributed by atoms with Crippen LogP contribution in [0.5, 0.6) is 5.75 Å². The Morgan fingerprint density at radius 3 is 3.20 bits per heavy atom. The van der Waals surface area contributed by atoms with Gasteiger partial charge in [-0.15, -0.1) is 0 Å². The van der Waals surface area contributed by atoms with Crippen molar-refractivity contribution in [2.24, 2.45) is 5.73 Å². The highest BCUT2D eigenvalue weighted by Crippen LogP contribution is 2.20. The Kier molecular flexibility index (Phi) is 2.82. The fourth-order valence-electron chi connectivity index (χ4n) is 1.48. The lowest BCUT2D eigenvalue weighted by Crippen LogP contribution is -2.19. The zero-order valence-corrected chi connectivity index (χ0v) is 8.27. The van der Waals surface area contributed by atoms with Crippen molar-refractivity contribution in [2.75, 3.05) is 13.2 Å². The van der Waals surface area contributed by atoms with Gasteiger partial charge in [0.1, 0.15) is 17.7 Å². The van der Waals surface area contributed by atoms with E-state index in [9.17, 15) is 0 Å². The maximum absolute atomic E-state index is 7.39. The first-order chi connectivity index (χ1) is 7.27. The molecule has 1 fully saturated rings. The van der Waals surface area contributed by atoms with Gasteiger partial charge in [-0.1, -0.05) is 0 Å². The molecule has 1 aromatic heterocycles. The van der Waals surface area contributed by atoms with Gasteiger partial charge in [-0.3, -0.25) is 10.4 Å². The first-order valence-corrected chi connectivity index (χ1v) is 4.80. The van der Waals surface area contributed by atoms with Gasteiger partial charge in [-0.2, -0.15) is 0 Å². The molecule has 5 nitrogen and oxygen atoms in total. The largest absolute Gasteiger partial charge is 0.486 e. The summed E-state index contributed by atoms with van der Waals surface area (Å²) < 4.78 is 10.9. The Hall–Kier alpha value is -1.62. The minimum absolute atomic E-state index is 0.00804. The average molecular weight is 207 g/mol. The quantitative estimate of drug-likeness (QED) is 0.559. The van der Waals surface area contributed by atoms with E-state index in [1.54, 1.807) is 18.5 Å². The Morgan fingerprint density at radius 2 is 2.53 bits per heavy atom. The molecule has 1 aromatic rings. The summed E-state index contributed by atoms with van der Waals surface area (Å²) in [4.78, 5) is 3.95. The number of nitrogens with zero attached hydrogens (tertiary/aromatic N) is 1. The normalized spacial score (nSPS) is 20.1. The van der Waals surface area contributed by atoms with Crippen LogP contribution in [0.25, 0.3) is 0 Å². The summed E-state index contributed by atoms with van der Waals surface area (Å²) in [5, 5.41) is 7.39. The first kappa shape index (κ1) is 9.92. The van der Waals surface area contributed by atoms with E-state index in [0.29, 0.717) is 17.9 Å². The number of rotatable bonds is 3. The molecule has 0 radical (unpaired) electrons. The molecule has 0 bridgehead atoms. The van der Waals surface area contributed by atoms with Crippen LogP contribution < -0.4 is 10.5 Å². The number of hydrogen-bond acceptors (Lipinski definition) is 4. The first-order valence-electron chi connectivity index (χ1n) is 4.80. The topological polar surface area (TPSA) is 81.2 Å². The Balaban J connectivity index is 2.15. The van der Waals surface area contributed by atoms with Crippen LogP contribution in [-0.2, 0) is 4.74 Å². The molecule has 3 N–H and O–H groups in total. The van der Waals surface area contributed by atoms with Crippen molar-refractivity contribution in [3.63, 3.8) is 0 Å². The number of hydrogen-bond donors (Lipinski definition) is 2. The summed E-state index contributed by atoms with van der Waals surface area (Å²) in [6.07, 6.45) is 4.09. The molecule has 0 saturated carbocycles. The molecule has 15 heavy (non-hydrogen) atoms. The second kappa shape index (κ2) is 4.27. The van der Waals surface area contributed by atoms with Gasteiger partial charge in [-0.05, 0) is 6.07 Å². The van der Waals surface area contributed by atoms with E-state index >= 15 is 0 Å². The SMILES string of the molecule is N=C(N)c1ccncc1OC1CCOC1. The van der Waals surface area contributed by atoms with E-state index in [1.807, 2.05) is 0 Å². The Morgan fingerprint density at radius 1 is 1.67 bits per heavy atom. The van der Waals surface area contributed by atoms with E-state index in [-0.39, 0.29) is 11.9 Å². The Bertz CT molecular complexity index is 361. The number of ether oxygens (including phenoxy) is 2. The van der Waals surface area contributed by atoms with E-state index in [1.165, 1.54) is 0 Å². The van der Waals surface area contributed by atoms with Crippen LogP contribution in [0, 0.1) is 5.41 Å². The van der Waals surface area contributed by atoms with Gasteiger partial charge in [0.25, 0.3) is 0 Å². The molecule has 1 aliphatic heterocycles. The fourth-order valence-corrected chi connectivity index (χ4v) is 1.48. The van der Waals surface area contributed by atoms with Crippen LogP contribution in [0.1, 0.15) is 12.0 Å². The summed E-state index contributed by atoms with van der Waals surface area (Å²) in [7, 11) is 0.